The van der Waals surface area contributed by atoms with Gasteiger partial charge in [0.2, 0.25) is 0 Å². The maximum Gasteiger partial charge on any atom is 0.270 e. The van der Waals surface area contributed by atoms with Gasteiger partial charge in [0.1, 0.15) is 5.69 Å². The molecule has 4 rings (SSSR count). The molecule has 8 heteroatoms. The van der Waals surface area contributed by atoms with Gasteiger partial charge in [-0.3, -0.25) is 4.79 Å². The van der Waals surface area contributed by atoms with Crippen molar-refractivity contribution in [1.82, 2.24) is 15.1 Å². The lowest BCUT2D eigenvalue weighted by molar-refractivity contribution is 0.0946. The highest BCUT2D eigenvalue weighted by atomic mass is 35.5. The zero-order chi connectivity index (χ0) is 22.7. The molecule has 0 unspecified atom stereocenters. The van der Waals surface area contributed by atoms with Gasteiger partial charge in [0.25, 0.3) is 5.91 Å². The number of rotatable bonds is 6. The number of nitrogens with one attached hydrogen (secondary N) is 1. The molecular formula is C24H17Cl4N3O. The van der Waals surface area contributed by atoms with E-state index in [-0.39, 0.29) is 5.91 Å². The first-order chi connectivity index (χ1) is 15.4. The van der Waals surface area contributed by atoms with Crippen LogP contribution >= 0.6 is 46.4 Å². The van der Waals surface area contributed by atoms with E-state index in [0.717, 1.165) is 11.1 Å². The van der Waals surface area contributed by atoms with Gasteiger partial charge in [-0.15, -0.1) is 0 Å². The number of carbonyl (C=O) groups excluding carboxylic acids is 1. The molecule has 0 aliphatic rings. The van der Waals surface area contributed by atoms with Crippen LogP contribution < -0.4 is 5.32 Å². The number of halogens is 4. The summed E-state index contributed by atoms with van der Waals surface area (Å²) < 4.78 is 1.56. The molecule has 0 fully saturated rings. The third kappa shape index (κ3) is 5.11. The molecule has 3 aromatic carbocycles. The molecule has 1 amide bonds. The molecule has 0 bridgehead atoms. The van der Waals surface area contributed by atoms with E-state index in [2.05, 4.69) is 10.4 Å². The minimum Gasteiger partial charge on any atom is -0.350 e. The van der Waals surface area contributed by atoms with Crippen LogP contribution in [0.4, 0.5) is 0 Å². The fourth-order valence-electron chi connectivity index (χ4n) is 3.27. The summed E-state index contributed by atoms with van der Waals surface area (Å²) in [7, 11) is 0. The van der Waals surface area contributed by atoms with Gasteiger partial charge in [-0.05, 0) is 54.4 Å². The van der Waals surface area contributed by atoms with Crippen molar-refractivity contribution in [2.24, 2.45) is 0 Å². The second kappa shape index (κ2) is 9.97. The topological polar surface area (TPSA) is 46.9 Å². The Balaban J connectivity index is 1.62. The van der Waals surface area contributed by atoms with E-state index < -0.39 is 0 Å². The highest BCUT2D eigenvalue weighted by Gasteiger charge is 2.19. The molecule has 1 aromatic heterocycles. The Hall–Kier alpha value is -2.50. The van der Waals surface area contributed by atoms with Crippen LogP contribution in [0.25, 0.3) is 16.9 Å². The Morgan fingerprint density at radius 1 is 0.844 bits per heavy atom. The molecule has 4 aromatic rings. The predicted octanol–water partition coefficient (Wildman–Crippen LogP) is 7.13. The number of hydrogen-bond acceptors (Lipinski definition) is 2. The summed E-state index contributed by atoms with van der Waals surface area (Å²) in [5.41, 5.74) is 3.25. The van der Waals surface area contributed by atoms with E-state index in [1.807, 2.05) is 30.3 Å². The average molecular weight is 505 g/mol. The van der Waals surface area contributed by atoms with Crippen molar-refractivity contribution >= 4 is 52.3 Å². The molecule has 4 nitrogen and oxygen atoms in total. The van der Waals surface area contributed by atoms with Gasteiger partial charge in [0.05, 0.1) is 16.4 Å². The lowest BCUT2D eigenvalue weighted by Gasteiger charge is -2.09. The lowest BCUT2D eigenvalue weighted by atomic mass is 10.1. The number of nitrogens with zero attached hydrogens (tertiary/aromatic N) is 2. The molecule has 1 N–H and O–H groups in total. The standard InChI is InChI=1S/C24H17Cl4N3O/c25-16-4-3-5-18(12-16)31-23(14-22(30-31)19-6-1-2-7-20(19)27)24(32)29-11-10-15-8-9-17(26)13-21(15)28/h1-9,12-14H,10-11H2,(H,29,32). The third-order valence-corrected chi connectivity index (χ3v) is 5.99. The first kappa shape index (κ1) is 22.7. The van der Waals surface area contributed by atoms with Crippen molar-refractivity contribution in [3.05, 3.63) is 104 Å². The van der Waals surface area contributed by atoms with Crippen LogP contribution in [0, 0.1) is 0 Å². The number of carbonyl (C=O) groups is 1. The van der Waals surface area contributed by atoms with E-state index in [1.165, 1.54) is 0 Å². The molecule has 32 heavy (non-hydrogen) atoms. The number of aromatic nitrogens is 2. The summed E-state index contributed by atoms with van der Waals surface area (Å²) in [5, 5.41) is 9.80. The molecule has 0 aliphatic heterocycles. The molecule has 162 valence electrons. The van der Waals surface area contributed by atoms with E-state index >= 15 is 0 Å². The minimum absolute atomic E-state index is 0.277. The summed E-state index contributed by atoms with van der Waals surface area (Å²) >= 11 is 24.7. The van der Waals surface area contributed by atoms with Crippen molar-refractivity contribution in [2.75, 3.05) is 6.54 Å². The number of amides is 1. The smallest absolute Gasteiger partial charge is 0.270 e. The number of hydrogen-bond donors (Lipinski definition) is 1. The van der Waals surface area contributed by atoms with Gasteiger partial charge in [0, 0.05) is 27.2 Å². The van der Waals surface area contributed by atoms with Gasteiger partial charge >= 0.3 is 0 Å². The van der Waals surface area contributed by atoms with Crippen LogP contribution in [-0.2, 0) is 6.42 Å². The summed E-state index contributed by atoms with van der Waals surface area (Å²) in [4.78, 5) is 13.1. The van der Waals surface area contributed by atoms with E-state index in [0.29, 0.717) is 50.1 Å². The van der Waals surface area contributed by atoms with Crippen LogP contribution in [0.5, 0.6) is 0 Å². The van der Waals surface area contributed by atoms with Crippen molar-refractivity contribution < 1.29 is 4.79 Å². The Morgan fingerprint density at radius 3 is 2.38 bits per heavy atom. The molecule has 0 saturated carbocycles. The fourth-order valence-corrected chi connectivity index (χ4v) is 4.19. The lowest BCUT2D eigenvalue weighted by Crippen LogP contribution is -2.27. The fraction of sp³-hybridized carbons (Fsp3) is 0.0833. The highest BCUT2D eigenvalue weighted by molar-refractivity contribution is 6.35. The van der Waals surface area contributed by atoms with Crippen LogP contribution in [0.15, 0.2) is 72.8 Å². The summed E-state index contributed by atoms with van der Waals surface area (Å²) in [5.74, 6) is -0.277. The normalized spacial score (nSPS) is 10.9. The summed E-state index contributed by atoms with van der Waals surface area (Å²) in [6.45, 7) is 0.391. The monoisotopic (exact) mass is 503 g/mol. The van der Waals surface area contributed by atoms with Crippen molar-refractivity contribution in [1.29, 1.82) is 0 Å². The van der Waals surface area contributed by atoms with E-state index in [4.69, 9.17) is 46.4 Å². The molecule has 0 aliphatic carbocycles. The van der Waals surface area contributed by atoms with Gasteiger partial charge < -0.3 is 5.32 Å². The molecule has 1 heterocycles. The van der Waals surface area contributed by atoms with Crippen LogP contribution in [-0.4, -0.2) is 22.2 Å². The number of benzene rings is 3. The zero-order valence-electron chi connectivity index (χ0n) is 16.7. The minimum atomic E-state index is -0.277. The van der Waals surface area contributed by atoms with E-state index in [9.17, 15) is 4.79 Å². The second-order valence-corrected chi connectivity index (χ2v) is 8.72. The SMILES string of the molecule is O=C(NCCc1ccc(Cl)cc1Cl)c1cc(-c2ccccc2Cl)nn1-c1cccc(Cl)c1. The second-order valence-electron chi connectivity index (χ2n) is 7.03. The van der Waals surface area contributed by atoms with Gasteiger partial charge in [-0.1, -0.05) is 76.7 Å². The summed E-state index contributed by atoms with van der Waals surface area (Å²) in [6, 6.07) is 21.5. The molecule has 0 saturated heterocycles. The molecular weight excluding hydrogens is 488 g/mol. The molecule has 0 radical (unpaired) electrons. The Labute approximate surface area is 205 Å². The Kier molecular flexibility index (Phi) is 7.07. The van der Waals surface area contributed by atoms with Crippen molar-refractivity contribution in [3.63, 3.8) is 0 Å². The van der Waals surface area contributed by atoms with Crippen LogP contribution in [0.1, 0.15) is 16.1 Å². The van der Waals surface area contributed by atoms with Crippen LogP contribution in [0.3, 0.4) is 0 Å². The van der Waals surface area contributed by atoms with Crippen LogP contribution in [0.2, 0.25) is 20.1 Å². The Bertz CT molecular complexity index is 1290. The van der Waals surface area contributed by atoms with Gasteiger partial charge in [0.15, 0.2) is 0 Å². The average Bonchev–Trinajstić information content (AvgIpc) is 3.21. The predicted molar refractivity (Wildman–Crippen MR) is 132 cm³/mol. The summed E-state index contributed by atoms with van der Waals surface area (Å²) in [6.07, 6.45) is 0.560. The molecule has 0 atom stereocenters. The quantitative estimate of drug-likeness (QED) is 0.303. The van der Waals surface area contributed by atoms with Crippen molar-refractivity contribution in [2.45, 2.75) is 6.42 Å². The molecule has 0 spiro atoms. The highest BCUT2D eigenvalue weighted by Crippen LogP contribution is 2.29. The van der Waals surface area contributed by atoms with Gasteiger partial charge in [-0.25, -0.2) is 4.68 Å². The van der Waals surface area contributed by atoms with Crippen molar-refractivity contribution in [3.8, 4) is 16.9 Å². The Morgan fingerprint density at radius 2 is 1.62 bits per heavy atom. The first-order valence-electron chi connectivity index (χ1n) is 9.75. The largest absolute Gasteiger partial charge is 0.350 e. The van der Waals surface area contributed by atoms with E-state index in [1.54, 1.807) is 47.1 Å². The maximum absolute atomic E-state index is 13.1. The first-order valence-corrected chi connectivity index (χ1v) is 11.3. The third-order valence-electron chi connectivity index (χ3n) is 4.84. The zero-order valence-corrected chi connectivity index (χ0v) is 19.7. The maximum atomic E-state index is 13.1. The van der Waals surface area contributed by atoms with Gasteiger partial charge in [-0.2, -0.15) is 5.10 Å².